The zero-order chi connectivity index (χ0) is 16.7. The van der Waals surface area contributed by atoms with E-state index < -0.39 is 5.91 Å². The van der Waals surface area contributed by atoms with Gasteiger partial charge < -0.3 is 5.32 Å². The molecule has 4 rings (SSSR count). The Kier molecular flexibility index (Phi) is 3.61. The lowest BCUT2D eigenvalue weighted by Crippen LogP contribution is -2.35. The highest BCUT2D eigenvalue weighted by Gasteiger charge is 2.25. The lowest BCUT2D eigenvalue weighted by atomic mass is 9.92. The summed E-state index contributed by atoms with van der Waals surface area (Å²) in [5, 5.41) is 4.71. The molecule has 1 N–H and O–H groups in total. The lowest BCUT2D eigenvalue weighted by Gasteiger charge is -2.25. The van der Waals surface area contributed by atoms with Gasteiger partial charge in [0, 0.05) is 35.2 Å². The van der Waals surface area contributed by atoms with Crippen molar-refractivity contribution in [1.29, 1.82) is 0 Å². The second kappa shape index (κ2) is 5.79. The summed E-state index contributed by atoms with van der Waals surface area (Å²) in [6.45, 7) is 1.85. The molecule has 0 aromatic carbocycles. The molecule has 0 radical (unpaired) electrons. The number of thiazole rings is 1. The van der Waals surface area contributed by atoms with Crippen LogP contribution in [0.15, 0.2) is 28.8 Å². The van der Waals surface area contributed by atoms with Crippen LogP contribution in [0.25, 0.3) is 4.96 Å². The van der Waals surface area contributed by atoms with Crippen LogP contribution in [-0.4, -0.2) is 25.3 Å². The third-order valence-electron chi connectivity index (χ3n) is 4.19. The van der Waals surface area contributed by atoms with Crippen LogP contribution in [0.2, 0.25) is 0 Å². The number of fused-ring (bicyclic) bond motifs is 2. The average molecular weight is 341 g/mol. The highest BCUT2D eigenvalue weighted by molar-refractivity contribution is 7.15. The van der Waals surface area contributed by atoms with Crippen molar-refractivity contribution in [2.75, 3.05) is 0 Å². The van der Waals surface area contributed by atoms with E-state index in [9.17, 15) is 9.59 Å². The minimum atomic E-state index is -0.411. The molecule has 8 heteroatoms. The smallest absolute Gasteiger partial charge is 0.271 e. The third kappa shape index (κ3) is 2.48. The van der Waals surface area contributed by atoms with E-state index in [4.69, 9.17) is 0 Å². The fourth-order valence-corrected chi connectivity index (χ4v) is 3.69. The van der Waals surface area contributed by atoms with Gasteiger partial charge in [-0.15, -0.1) is 11.3 Å². The Labute approximate surface area is 141 Å². The number of hydrogen-bond acceptors (Lipinski definition) is 6. The molecular formula is C16H15N5O2S. The van der Waals surface area contributed by atoms with Gasteiger partial charge in [-0.1, -0.05) is 0 Å². The number of carbonyl (C=O) groups is 1. The second-order valence-corrected chi connectivity index (χ2v) is 6.64. The van der Waals surface area contributed by atoms with Crippen molar-refractivity contribution < 1.29 is 4.79 Å². The number of hydrogen-bond donors (Lipinski definition) is 1. The maximum atomic E-state index is 12.6. The molecule has 1 aliphatic carbocycles. The van der Waals surface area contributed by atoms with Gasteiger partial charge in [0.1, 0.15) is 11.4 Å². The number of rotatable bonds is 2. The standard InChI is InChI=1S/C16H15N5O2S/c1-9-17-7-10-12(19-9)3-2-4-13(10)20-14(22)11-8-18-16-21(15(11)23)5-6-24-16/h5-8,13H,2-4H2,1H3,(H,20,22)/t13-/m1/s1. The monoisotopic (exact) mass is 341 g/mol. The Morgan fingerprint density at radius 2 is 2.25 bits per heavy atom. The van der Waals surface area contributed by atoms with E-state index in [1.165, 1.54) is 21.9 Å². The molecule has 7 nitrogen and oxygen atoms in total. The molecule has 1 aliphatic rings. The third-order valence-corrected chi connectivity index (χ3v) is 4.97. The molecule has 0 saturated carbocycles. The first-order valence-electron chi connectivity index (χ1n) is 7.71. The number of aromatic nitrogens is 4. The largest absolute Gasteiger partial charge is 0.345 e. The van der Waals surface area contributed by atoms with Crippen LogP contribution in [0.1, 0.15) is 46.3 Å². The zero-order valence-electron chi connectivity index (χ0n) is 13.0. The topological polar surface area (TPSA) is 89.2 Å². The fourth-order valence-electron chi connectivity index (χ4n) is 3.01. The van der Waals surface area contributed by atoms with Crippen molar-refractivity contribution in [3.63, 3.8) is 0 Å². The van der Waals surface area contributed by atoms with Gasteiger partial charge in [-0.3, -0.25) is 14.0 Å². The van der Waals surface area contributed by atoms with Crippen molar-refractivity contribution >= 4 is 22.2 Å². The Morgan fingerprint density at radius 3 is 3.12 bits per heavy atom. The molecule has 0 fully saturated rings. The first-order chi connectivity index (χ1) is 11.6. The van der Waals surface area contributed by atoms with Gasteiger partial charge in [-0.2, -0.15) is 0 Å². The molecule has 3 aromatic heterocycles. The second-order valence-electron chi connectivity index (χ2n) is 5.77. The molecule has 24 heavy (non-hydrogen) atoms. The Morgan fingerprint density at radius 1 is 1.38 bits per heavy atom. The molecule has 0 spiro atoms. The Hall–Kier alpha value is -2.61. The van der Waals surface area contributed by atoms with E-state index >= 15 is 0 Å². The fraction of sp³-hybridized carbons (Fsp3) is 0.312. The summed E-state index contributed by atoms with van der Waals surface area (Å²) < 4.78 is 1.39. The van der Waals surface area contributed by atoms with Gasteiger partial charge in [-0.05, 0) is 26.2 Å². The highest BCUT2D eigenvalue weighted by atomic mass is 32.1. The zero-order valence-corrected chi connectivity index (χ0v) is 13.8. The predicted molar refractivity (Wildman–Crippen MR) is 89.3 cm³/mol. The summed E-state index contributed by atoms with van der Waals surface area (Å²) in [6, 6.07) is -0.176. The number of amides is 1. The lowest BCUT2D eigenvalue weighted by molar-refractivity contribution is 0.0930. The SMILES string of the molecule is Cc1ncc2c(n1)CCC[C@H]2NC(=O)c1cnc2sccn2c1=O. The van der Waals surface area contributed by atoms with Crippen molar-refractivity contribution in [3.8, 4) is 0 Å². The van der Waals surface area contributed by atoms with Crippen molar-refractivity contribution in [3.05, 3.63) is 57.0 Å². The number of aryl methyl sites for hydroxylation is 2. The molecule has 3 heterocycles. The van der Waals surface area contributed by atoms with Gasteiger partial charge in [-0.25, -0.2) is 15.0 Å². The summed E-state index contributed by atoms with van der Waals surface area (Å²) in [6.07, 6.45) is 7.37. The number of nitrogens with one attached hydrogen (secondary N) is 1. The van der Waals surface area contributed by atoms with Gasteiger partial charge in [0.2, 0.25) is 0 Å². The van der Waals surface area contributed by atoms with Gasteiger partial charge >= 0.3 is 0 Å². The molecule has 0 saturated heterocycles. The van der Waals surface area contributed by atoms with E-state index in [1.807, 2.05) is 6.92 Å². The van der Waals surface area contributed by atoms with Crippen LogP contribution in [0.4, 0.5) is 0 Å². The highest BCUT2D eigenvalue weighted by Crippen LogP contribution is 2.28. The molecule has 0 aliphatic heterocycles. The number of carbonyl (C=O) groups excluding carboxylic acids is 1. The first kappa shape index (κ1) is 14.9. The molecule has 1 amide bonds. The van der Waals surface area contributed by atoms with Gasteiger partial charge in [0.05, 0.1) is 6.04 Å². The molecule has 0 unspecified atom stereocenters. The molecule has 3 aromatic rings. The Balaban J connectivity index is 1.65. The molecule has 0 bridgehead atoms. The van der Waals surface area contributed by atoms with Crippen LogP contribution in [-0.2, 0) is 6.42 Å². The summed E-state index contributed by atoms with van der Waals surface area (Å²) in [5.41, 5.74) is 1.60. The van der Waals surface area contributed by atoms with Crippen molar-refractivity contribution in [2.45, 2.75) is 32.2 Å². The Bertz CT molecular complexity index is 994. The van der Waals surface area contributed by atoms with Crippen LogP contribution < -0.4 is 10.9 Å². The molecular weight excluding hydrogens is 326 g/mol. The maximum absolute atomic E-state index is 12.6. The van der Waals surface area contributed by atoms with E-state index in [0.717, 1.165) is 36.3 Å². The summed E-state index contributed by atoms with van der Waals surface area (Å²) in [4.78, 5) is 38.4. The molecule has 1 atom stereocenters. The number of nitrogens with zero attached hydrogens (tertiary/aromatic N) is 4. The summed E-state index contributed by atoms with van der Waals surface area (Å²) >= 11 is 1.35. The van der Waals surface area contributed by atoms with E-state index in [-0.39, 0.29) is 17.2 Å². The molecule has 122 valence electrons. The summed E-state index contributed by atoms with van der Waals surface area (Å²) in [7, 11) is 0. The van der Waals surface area contributed by atoms with Crippen molar-refractivity contribution in [1.82, 2.24) is 24.7 Å². The summed E-state index contributed by atoms with van der Waals surface area (Å²) in [5.74, 6) is 0.317. The van der Waals surface area contributed by atoms with Crippen molar-refractivity contribution in [2.24, 2.45) is 0 Å². The minimum Gasteiger partial charge on any atom is -0.345 e. The predicted octanol–water partition coefficient (Wildman–Crippen LogP) is 1.66. The maximum Gasteiger partial charge on any atom is 0.271 e. The van der Waals surface area contributed by atoms with E-state index in [1.54, 1.807) is 17.8 Å². The quantitative estimate of drug-likeness (QED) is 0.766. The minimum absolute atomic E-state index is 0.0473. The average Bonchev–Trinajstić information content (AvgIpc) is 3.04. The first-order valence-corrected chi connectivity index (χ1v) is 8.59. The van der Waals surface area contributed by atoms with Gasteiger partial charge in [0.15, 0.2) is 4.96 Å². The van der Waals surface area contributed by atoms with Crippen LogP contribution in [0.3, 0.4) is 0 Å². The van der Waals surface area contributed by atoms with E-state index in [2.05, 4.69) is 20.3 Å². The van der Waals surface area contributed by atoms with Crippen LogP contribution in [0.5, 0.6) is 0 Å². The van der Waals surface area contributed by atoms with Crippen LogP contribution >= 0.6 is 11.3 Å². The van der Waals surface area contributed by atoms with Gasteiger partial charge in [0.25, 0.3) is 11.5 Å². The van der Waals surface area contributed by atoms with E-state index in [0.29, 0.717) is 4.96 Å². The van der Waals surface area contributed by atoms with Crippen LogP contribution in [0, 0.1) is 6.92 Å². The normalized spacial score (nSPS) is 16.8.